The van der Waals surface area contributed by atoms with E-state index in [0.717, 1.165) is 5.56 Å². The molecule has 0 saturated carbocycles. The number of ketones is 1. The highest BCUT2D eigenvalue weighted by molar-refractivity contribution is 7.12. The highest BCUT2D eigenvalue weighted by Crippen LogP contribution is 2.13. The Balaban J connectivity index is 2.01. The molecule has 2 aromatic rings. The molecule has 0 aliphatic rings. The normalized spacial score (nSPS) is 11.0. The lowest BCUT2D eigenvalue weighted by Gasteiger charge is -2.09. The number of thiophene rings is 1. The summed E-state index contributed by atoms with van der Waals surface area (Å²) in [6.45, 7) is 3.59. The molecule has 0 aliphatic carbocycles. The van der Waals surface area contributed by atoms with Crippen LogP contribution >= 0.6 is 11.3 Å². The number of benzene rings is 1. The molecule has 2 rings (SSSR count). The van der Waals surface area contributed by atoms with Gasteiger partial charge in [0.15, 0.2) is 0 Å². The van der Waals surface area contributed by atoms with Gasteiger partial charge in [0.1, 0.15) is 5.70 Å². The third-order valence-corrected chi connectivity index (χ3v) is 3.65. The maximum atomic E-state index is 12.1. The Bertz CT molecular complexity index is 675. The van der Waals surface area contributed by atoms with Crippen LogP contribution in [-0.4, -0.2) is 11.8 Å². The zero-order chi connectivity index (χ0) is 15.2. The number of allylic oxidation sites excluding steroid dienone is 2. The number of carbonyl (C=O) groups is 2. The smallest absolute Gasteiger partial charge is 0.338 e. The van der Waals surface area contributed by atoms with Crippen molar-refractivity contribution >= 4 is 23.1 Å². The van der Waals surface area contributed by atoms with Crippen LogP contribution in [0.3, 0.4) is 0 Å². The van der Waals surface area contributed by atoms with Gasteiger partial charge in [0.25, 0.3) is 0 Å². The van der Waals surface area contributed by atoms with Crippen molar-refractivity contribution in [1.29, 1.82) is 0 Å². The van der Waals surface area contributed by atoms with Crippen molar-refractivity contribution in [2.45, 2.75) is 13.8 Å². The van der Waals surface area contributed by atoms with Gasteiger partial charge in [-0.25, -0.2) is 10.3 Å². The number of hydrogen-bond donors (Lipinski definition) is 1. The van der Waals surface area contributed by atoms with Gasteiger partial charge in [0.2, 0.25) is 5.78 Å². The Hall–Kier alpha value is -2.40. The summed E-state index contributed by atoms with van der Waals surface area (Å²) in [6.07, 6.45) is 1.57. The van der Waals surface area contributed by atoms with Crippen molar-refractivity contribution in [3.63, 3.8) is 0 Å². The Kier molecular flexibility index (Phi) is 4.90. The van der Waals surface area contributed by atoms with Gasteiger partial charge < -0.3 is 4.84 Å². The van der Waals surface area contributed by atoms with Crippen molar-refractivity contribution in [3.8, 4) is 0 Å². The fraction of sp³-hybridized carbons (Fsp3) is 0.125. The van der Waals surface area contributed by atoms with Crippen LogP contribution in [0, 0.1) is 6.92 Å². The average molecular weight is 301 g/mol. The number of hydrogen-bond acceptors (Lipinski definition) is 5. The number of nitrogens with one attached hydrogen (secondary N) is 1. The number of aryl methyl sites for hydroxylation is 1. The first kappa shape index (κ1) is 15.0. The fourth-order valence-corrected chi connectivity index (χ4v) is 2.39. The Labute approximate surface area is 127 Å². The third kappa shape index (κ3) is 3.79. The van der Waals surface area contributed by atoms with Crippen LogP contribution in [0.4, 0.5) is 0 Å². The van der Waals surface area contributed by atoms with E-state index in [1.165, 1.54) is 11.3 Å². The lowest BCUT2D eigenvalue weighted by Crippen LogP contribution is -2.24. The molecule has 21 heavy (non-hydrogen) atoms. The van der Waals surface area contributed by atoms with Gasteiger partial charge in [-0.1, -0.05) is 29.8 Å². The number of Topliss-reactive ketones (excluding diaryl/α,β-unsaturated/α-hetero) is 1. The van der Waals surface area contributed by atoms with E-state index in [1.807, 2.05) is 18.4 Å². The predicted molar refractivity (Wildman–Crippen MR) is 82.1 cm³/mol. The van der Waals surface area contributed by atoms with E-state index in [4.69, 9.17) is 4.84 Å². The van der Waals surface area contributed by atoms with Crippen molar-refractivity contribution in [2.75, 3.05) is 0 Å². The molecule has 0 fully saturated rings. The van der Waals surface area contributed by atoms with Crippen LogP contribution < -0.4 is 5.48 Å². The van der Waals surface area contributed by atoms with Crippen LogP contribution in [0.25, 0.3) is 0 Å². The predicted octanol–water partition coefficient (Wildman–Crippen LogP) is 3.50. The molecular weight excluding hydrogens is 286 g/mol. The summed E-state index contributed by atoms with van der Waals surface area (Å²) < 4.78 is 0. The molecule has 1 aromatic heterocycles. The van der Waals surface area contributed by atoms with Crippen LogP contribution in [0.1, 0.15) is 32.5 Å². The van der Waals surface area contributed by atoms with E-state index < -0.39 is 5.97 Å². The van der Waals surface area contributed by atoms with E-state index in [1.54, 1.807) is 43.3 Å². The number of carbonyl (C=O) groups excluding carboxylic acids is 2. The highest BCUT2D eigenvalue weighted by Gasteiger charge is 2.15. The molecular formula is C16H15NO3S. The lowest BCUT2D eigenvalue weighted by molar-refractivity contribution is 0.0320. The van der Waals surface area contributed by atoms with Gasteiger partial charge >= 0.3 is 5.97 Å². The first-order valence-electron chi connectivity index (χ1n) is 6.40. The maximum absolute atomic E-state index is 12.1. The third-order valence-electron chi connectivity index (χ3n) is 2.79. The van der Waals surface area contributed by atoms with E-state index in [0.29, 0.717) is 10.4 Å². The van der Waals surface area contributed by atoms with Gasteiger partial charge in [-0.15, -0.1) is 11.3 Å². The van der Waals surface area contributed by atoms with E-state index >= 15 is 0 Å². The van der Waals surface area contributed by atoms with E-state index in [2.05, 4.69) is 5.48 Å². The SMILES string of the molecule is CC=C(NOC(=O)c1cccc(C)c1)C(=O)c1cccs1. The molecule has 0 unspecified atom stereocenters. The molecule has 1 N–H and O–H groups in total. The summed E-state index contributed by atoms with van der Waals surface area (Å²) in [6, 6.07) is 10.6. The van der Waals surface area contributed by atoms with Gasteiger partial charge in [-0.2, -0.15) is 0 Å². The van der Waals surface area contributed by atoms with Gasteiger partial charge in [0, 0.05) is 0 Å². The van der Waals surface area contributed by atoms with Crippen LogP contribution in [0.2, 0.25) is 0 Å². The zero-order valence-corrected chi connectivity index (χ0v) is 12.6. The molecule has 1 aromatic carbocycles. The van der Waals surface area contributed by atoms with Gasteiger partial charge in [-0.3, -0.25) is 4.79 Å². The largest absolute Gasteiger partial charge is 0.362 e. The molecule has 1 heterocycles. The standard InChI is InChI=1S/C16H15NO3S/c1-3-13(15(18)14-8-5-9-21-14)17-20-16(19)12-7-4-6-11(2)10-12/h3-10,17H,1-2H3. The quantitative estimate of drug-likeness (QED) is 0.521. The Morgan fingerprint density at radius 3 is 2.67 bits per heavy atom. The van der Waals surface area contributed by atoms with E-state index in [-0.39, 0.29) is 11.5 Å². The number of hydroxylamine groups is 1. The second kappa shape index (κ2) is 6.85. The van der Waals surface area contributed by atoms with Gasteiger partial charge in [0.05, 0.1) is 10.4 Å². The van der Waals surface area contributed by atoms with Crippen molar-refractivity contribution < 1.29 is 14.4 Å². The first-order chi connectivity index (χ1) is 10.1. The molecule has 4 nitrogen and oxygen atoms in total. The lowest BCUT2D eigenvalue weighted by atomic mass is 10.1. The number of rotatable bonds is 5. The maximum Gasteiger partial charge on any atom is 0.362 e. The van der Waals surface area contributed by atoms with Crippen molar-refractivity contribution in [2.24, 2.45) is 0 Å². The highest BCUT2D eigenvalue weighted by atomic mass is 32.1. The zero-order valence-electron chi connectivity index (χ0n) is 11.8. The van der Waals surface area contributed by atoms with E-state index in [9.17, 15) is 9.59 Å². The van der Waals surface area contributed by atoms with Crippen LogP contribution in [-0.2, 0) is 4.84 Å². The minimum atomic E-state index is -0.531. The summed E-state index contributed by atoms with van der Waals surface area (Å²) in [5.41, 5.74) is 4.07. The fourth-order valence-electron chi connectivity index (χ4n) is 1.71. The summed E-state index contributed by atoms with van der Waals surface area (Å²) in [5.74, 6) is -0.735. The molecule has 0 amide bonds. The molecule has 108 valence electrons. The summed E-state index contributed by atoms with van der Waals surface area (Å²) in [7, 11) is 0. The summed E-state index contributed by atoms with van der Waals surface area (Å²) in [5, 5.41) is 1.82. The molecule has 0 saturated heterocycles. The minimum absolute atomic E-state index is 0.204. The van der Waals surface area contributed by atoms with Crippen LogP contribution in [0.5, 0.6) is 0 Å². The second-order valence-corrected chi connectivity index (χ2v) is 5.32. The first-order valence-corrected chi connectivity index (χ1v) is 7.28. The molecule has 0 radical (unpaired) electrons. The average Bonchev–Trinajstić information content (AvgIpc) is 3.01. The summed E-state index contributed by atoms with van der Waals surface area (Å²) >= 11 is 1.34. The van der Waals surface area contributed by atoms with Crippen molar-refractivity contribution in [3.05, 3.63) is 69.6 Å². The Morgan fingerprint density at radius 1 is 1.24 bits per heavy atom. The van der Waals surface area contributed by atoms with Crippen LogP contribution in [0.15, 0.2) is 53.6 Å². The molecule has 0 aliphatic heterocycles. The minimum Gasteiger partial charge on any atom is -0.338 e. The molecule has 5 heteroatoms. The molecule has 0 spiro atoms. The second-order valence-electron chi connectivity index (χ2n) is 4.37. The van der Waals surface area contributed by atoms with Crippen molar-refractivity contribution in [1.82, 2.24) is 5.48 Å². The topological polar surface area (TPSA) is 55.4 Å². The molecule has 0 bridgehead atoms. The monoisotopic (exact) mass is 301 g/mol. The molecule has 0 atom stereocenters. The summed E-state index contributed by atoms with van der Waals surface area (Å²) in [4.78, 5) is 29.6. The Morgan fingerprint density at radius 2 is 2.05 bits per heavy atom. The van der Waals surface area contributed by atoms with Gasteiger partial charge in [-0.05, 0) is 37.4 Å².